The first-order valence-electron chi connectivity index (χ1n) is 11.2. The number of piperazine rings is 1. The molecule has 0 amide bonds. The van der Waals surface area contributed by atoms with Gasteiger partial charge in [-0.2, -0.15) is 15.0 Å². The lowest BCUT2D eigenvalue weighted by atomic mass is 9.99. The van der Waals surface area contributed by atoms with Crippen molar-refractivity contribution in [3.63, 3.8) is 0 Å². The van der Waals surface area contributed by atoms with Crippen molar-refractivity contribution >= 4 is 44.9 Å². The van der Waals surface area contributed by atoms with E-state index in [1.807, 2.05) is 41.9 Å². The highest BCUT2D eigenvalue weighted by Crippen LogP contribution is 2.32. The highest BCUT2D eigenvalue weighted by molar-refractivity contribution is 7.17. The van der Waals surface area contributed by atoms with Gasteiger partial charge < -0.3 is 15.0 Å². The molecule has 1 N–H and O–H groups in total. The average Bonchev–Trinajstić information content (AvgIpc) is 3.32. The molecule has 3 aliphatic rings. The molecule has 1 unspecified atom stereocenters. The highest BCUT2D eigenvalue weighted by Gasteiger charge is 2.33. The molecule has 5 rings (SSSR count). The van der Waals surface area contributed by atoms with Gasteiger partial charge in [-0.15, -0.1) is 16.3 Å². The molecule has 0 saturated carbocycles. The molecule has 0 bridgehead atoms. The first-order chi connectivity index (χ1) is 17.0. The van der Waals surface area contributed by atoms with Crippen LogP contribution in [0, 0.1) is 17.4 Å². The molecule has 1 saturated heterocycles. The van der Waals surface area contributed by atoms with Gasteiger partial charge in [0, 0.05) is 31.4 Å². The number of halogens is 1. The van der Waals surface area contributed by atoms with Crippen molar-refractivity contribution < 1.29 is 5.21 Å². The normalized spacial score (nSPS) is 17.5. The Labute approximate surface area is 211 Å². The second-order valence-electron chi connectivity index (χ2n) is 8.59. The van der Waals surface area contributed by atoms with Crippen LogP contribution in [0.3, 0.4) is 0 Å². The lowest BCUT2D eigenvalue weighted by Gasteiger charge is -2.44. The third-order valence-corrected chi connectivity index (χ3v) is 7.24. The molecule has 2 aliphatic heterocycles. The summed E-state index contributed by atoms with van der Waals surface area (Å²) in [4.78, 5) is 22.1. The van der Waals surface area contributed by atoms with Gasteiger partial charge in [-0.05, 0) is 53.2 Å². The van der Waals surface area contributed by atoms with E-state index in [2.05, 4.69) is 38.6 Å². The maximum Gasteiger partial charge on any atom is 0.237 e. The molecule has 0 spiro atoms. The van der Waals surface area contributed by atoms with Gasteiger partial charge in [-0.3, -0.25) is 0 Å². The minimum Gasteiger partial charge on any atom is -0.428 e. The number of aliphatic imine (C=N–C) groups is 1. The fraction of sp³-hybridized carbons (Fsp3) is 0.292. The monoisotopic (exact) mass is 506 g/mol. The van der Waals surface area contributed by atoms with Crippen LogP contribution in [0.2, 0.25) is 5.28 Å². The van der Waals surface area contributed by atoms with E-state index < -0.39 is 0 Å². The van der Waals surface area contributed by atoms with Crippen molar-refractivity contribution in [3.05, 3.63) is 58.6 Å². The number of pyridine rings is 1. The number of hydrogen-bond acceptors (Lipinski definition) is 7. The SMILES string of the molecule is CC(C)C1CN(c2nc(Cl)nc3ccsc23)CCN1C(=NC#N)/N=c1/cccc2n(O)cccc1-2. The van der Waals surface area contributed by atoms with Crippen LogP contribution in [-0.2, 0) is 0 Å². The predicted molar refractivity (Wildman–Crippen MR) is 137 cm³/mol. The van der Waals surface area contributed by atoms with Gasteiger partial charge in [-0.25, -0.2) is 9.98 Å². The van der Waals surface area contributed by atoms with E-state index >= 15 is 0 Å². The number of thiophene rings is 1. The van der Waals surface area contributed by atoms with Crippen molar-refractivity contribution in [2.24, 2.45) is 15.9 Å². The molecule has 11 heteroatoms. The molecule has 0 aromatic carbocycles. The molecule has 2 aromatic heterocycles. The maximum absolute atomic E-state index is 10.2. The Morgan fingerprint density at radius 3 is 2.89 bits per heavy atom. The van der Waals surface area contributed by atoms with Gasteiger partial charge in [0.1, 0.15) is 0 Å². The number of nitriles is 1. The fourth-order valence-electron chi connectivity index (χ4n) is 4.47. The van der Waals surface area contributed by atoms with E-state index in [9.17, 15) is 10.5 Å². The summed E-state index contributed by atoms with van der Waals surface area (Å²) in [7, 11) is 0. The first kappa shape index (κ1) is 23.1. The molecule has 0 radical (unpaired) electrons. The third kappa shape index (κ3) is 4.40. The Balaban J connectivity index is 1.52. The number of anilines is 1. The van der Waals surface area contributed by atoms with E-state index in [1.54, 1.807) is 23.6 Å². The number of hydrogen-bond donors (Lipinski definition) is 1. The summed E-state index contributed by atoms with van der Waals surface area (Å²) in [6.07, 6.45) is 3.49. The molecule has 4 heterocycles. The van der Waals surface area contributed by atoms with Crippen LogP contribution in [0.4, 0.5) is 5.82 Å². The smallest absolute Gasteiger partial charge is 0.237 e. The zero-order chi connectivity index (χ0) is 24.5. The number of nitrogens with zero attached hydrogens (tertiary/aromatic N) is 8. The van der Waals surface area contributed by atoms with Gasteiger partial charge in [0.05, 0.1) is 27.3 Å². The van der Waals surface area contributed by atoms with Crippen LogP contribution in [0.1, 0.15) is 13.8 Å². The minimum atomic E-state index is 0.0288. The molecular weight excluding hydrogens is 484 g/mol. The summed E-state index contributed by atoms with van der Waals surface area (Å²) in [6.45, 7) is 6.23. The van der Waals surface area contributed by atoms with E-state index in [1.165, 1.54) is 0 Å². The standard InChI is InChI=1S/C24H23ClN8OS/c1-15(2)20-13-31(22-21-18(8-12-35-21)28-23(25)30-22)10-11-32(20)24(27-14-26)29-17-6-3-7-19-16(17)5-4-9-33(19)34/h3-9,12,15,20,34H,10-11,13H2,1-2H3/b27-24?,29-17-. The number of fused-ring (bicyclic) bond motifs is 2. The molecule has 1 atom stereocenters. The van der Waals surface area contributed by atoms with Gasteiger partial charge in [0.15, 0.2) is 5.82 Å². The summed E-state index contributed by atoms with van der Waals surface area (Å²) < 4.78 is 2.07. The molecule has 1 fully saturated rings. The Hall–Kier alpha value is -3.68. The summed E-state index contributed by atoms with van der Waals surface area (Å²) in [5, 5.41) is 22.5. The van der Waals surface area contributed by atoms with Crippen LogP contribution in [-0.4, -0.2) is 56.4 Å². The second-order valence-corrected chi connectivity index (χ2v) is 9.84. The minimum absolute atomic E-state index is 0.0288. The van der Waals surface area contributed by atoms with E-state index in [-0.39, 0.29) is 17.2 Å². The Morgan fingerprint density at radius 1 is 1.23 bits per heavy atom. The van der Waals surface area contributed by atoms with E-state index in [0.717, 1.165) is 26.3 Å². The van der Waals surface area contributed by atoms with Crippen molar-refractivity contribution in [3.8, 4) is 17.5 Å². The van der Waals surface area contributed by atoms with Crippen molar-refractivity contribution in [2.45, 2.75) is 19.9 Å². The van der Waals surface area contributed by atoms with Crippen molar-refractivity contribution in [1.29, 1.82) is 5.26 Å². The largest absolute Gasteiger partial charge is 0.428 e. The molecule has 9 nitrogen and oxygen atoms in total. The van der Waals surface area contributed by atoms with E-state index in [0.29, 0.717) is 36.6 Å². The summed E-state index contributed by atoms with van der Waals surface area (Å²) in [6, 6.07) is 11.1. The summed E-state index contributed by atoms with van der Waals surface area (Å²) in [5.74, 6) is 1.44. The molecule has 1 aliphatic carbocycles. The number of benzene rings is 1. The van der Waals surface area contributed by atoms with Gasteiger partial charge >= 0.3 is 0 Å². The van der Waals surface area contributed by atoms with Crippen molar-refractivity contribution in [2.75, 3.05) is 24.5 Å². The van der Waals surface area contributed by atoms with Gasteiger partial charge in [0.25, 0.3) is 0 Å². The highest BCUT2D eigenvalue weighted by atomic mass is 35.5. The number of guanidine groups is 1. The lowest BCUT2D eigenvalue weighted by molar-refractivity contribution is 0.189. The lowest BCUT2D eigenvalue weighted by Crippen LogP contribution is -2.57. The van der Waals surface area contributed by atoms with Crippen molar-refractivity contribution in [1.82, 2.24) is 19.6 Å². The summed E-state index contributed by atoms with van der Waals surface area (Å²) >= 11 is 7.82. The molecule has 35 heavy (non-hydrogen) atoms. The quantitative estimate of drug-likeness (QED) is 0.144. The van der Waals surface area contributed by atoms with E-state index in [4.69, 9.17) is 16.6 Å². The Bertz CT molecular complexity index is 1490. The second kappa shape index (κ2) is 9.52. The zero-order valence-corrected chi connectivity index (χ0v) is 20.8. The van der Waals surface area contributed by atoms with Crippen LogP contribution in [0.5, 0.6) is 0 Å². The van der Waals surface area contributed by atoms with Crippen LogP contribution >= 0.6 is 22.9 Å². The zero-order valence-electron chi connectivity index (χ0n) is 19.2. The molecular formula is C24H23ClN8OS. The predicted octanol–water partition coefficient (Wildman–Crippen LogP) is 4.07. The van der Waals surface area contributed by atoms with Crippen LogP contribution in [0.25, 0.3) is 21.5 Å². The Morgan fingerprint density at radius 2 is 2.09 bits per heavy atom. The number of aromatic nitrogens is 3. The van der Waals surface area contributed by atoms with Crippen LogP contribution in [0.15, 0.2) is 58.0 Å². The fourth-order valence-corrected chi connectivity index (χ4v) is 5.49. The molecule has 2 aromatic rings. The van der Waals surface area contributed by atoms with Gasteiger partial charge in [-0.1, -0.05) is 19.9 Å². The maximum atomic E-state index is 10.2. The average molecular weight is 507 g/mol. The molecule has 178 valence electrons. The third-order valence-electron chi connectivity index (χ3n) is 6.17. The van der Waals surface area contributed by atoms with Crippen LogP contribution < -0.4 is 10.3 Å². The summed E-state index contributed by atoms with van der Waals surface area (Å²) in [5.41, 5.74) is 2.22. The first-order valence-corrected chi connectivity index (χ1v) is 12.5. The van der Waals surface area contributed by atoms with Gasteiger partial charge in [0.2, 0.25) is 17.4 Å². The Kier molecular flexibility index (Phi) is 6.28. The number of rotatable bonds is 2. The topological polar surface area (TPSA) is 106 Å².